The molecule has 118 valence electrons. The summed E-state index contributed by atoms with van der Waals surface area (Å²) in [6, 6.07) is 7.93. The molecule has 0 amide bonds. The standard InChI is InChI=1S/C15H21F3N2O/c16-15(17,18)11-20-6-4-14(5-7-20)19-9-12-2-1-3-13(8-12)10-21/h1-3,8,14,19,21H,4-7,9-11H2. The van der Waals surface area contributed by atoms with Crippen LogP contribution in [0.25, 0.3) is 0 Å². The van der Waals surface area contributed by atoms with Crippen molar-refractivity contribution in [3.05, 3.63) is 35.4 Å². The molecule has 0 unspecified atom stereocenters. The Morgan fingerprint density at radius 2 is 1.86 bits per heavy atom. The van der Waals surface area contributed by atoms with Gasteiger partial charge in [-0.05, 0) is 37.1 Å². The van der Waals surface area contributed by atoms with Crippen LogP contribution < -0.4 is 5.32 Å². The molecule has 1 saturated heterocycles. The van der Waals surface area contributed by atoms with E-state index in [-0.39, 0.29) is 12.6 Å². The van der Waals surface area contributed by atoms with E-state index in [1.54, 1.807) is 0 Å². The van der Waals surface area contributed by atoms with Crippen LogP contribution in [-0.2, 0) is 13.2 Å². The highest BCUT2D eigenvalue weighted by atomic mass is 19.4. The molecule has 0 spiro atoms. The number of alkyl halides is 3. The lowest BCUT2D eigenvalue weighted by Crippen LogP contribution is -2.45. The fourth-order valence-corrected chi connectivity index (χ4v) is 2.65. The summed E-state index contributed by atoms with van der Waals surface area (Å²) >= 11 is 0. The zero-order valence-electron chi connectivity index (χ0n) is 11.9. The number of nitrogens with zero attached hydrogens (tertiary/aromatic N) is 1. The third-order valence-electron chi connectivity index (χ3n) is 3.76. The molecular formula is C15H21F3N2O. The van der Waals surface area contributed by atoms with Gasteiger partial charge in [-0.25, -0.2) is 0 Å². The molecule has 1 aromatic rings. The highest BCUT2D eigenvalue weighted by Gasteiger charge is 2.32. The number of nitrogens with one attached hydrogen (secondary N) is 1. The van der Waals surface area contributed by atoms with Crippen LogP contribution in [0.15, 0.2) is 24.3 Å². The third-order valence-corrected chi connectivity index (χ3v) is 3.76. The molecule has 2 N–H and O–H groups in total. The van der Waals surface area contributed by atoms with Crippen LogP contribution in [0, 0.1) is 0 Å². The second-order valence-electron chi connectivity index (χ2n) is 5.52. The average Bonchev–Trinajstić information content (AvgIpc) is 2.45. The van der Waals surface area contributed by atoms with Gasteiger partial charge in [0.15, 0.2) is 0 Å². The number of benzene rings is 1. The first kappa shape index (κ1) is 16.3. The summed E-state index contributed by atoms with van der Waals surface area (Å²) in [6.45, 7) is 0.849. The Labute approximate surface area is 122 Å². The molecule has 1 aliphatic rings. The van der Waals surface area contributed by atoms with Crippen LogP contribution in [0.2, 0.25) is 0 Å². The SMILES string of the molecule is OCc1cccc(CNC2CCN(CC(F)(F)F)CC2)c1. The Morgan fingerprint density at radius 1 is 1.19 bits per heavy atom. The summed E-state index contributed by atoms with van der Waals surface area (Å²) in [4.78, 5) is 1.46. The molecule has 0 aromatic heterocycles. The quantitative estimate of drug-likeness (QED) is 0.876. The molecule has 0 atom stereocenters. The molecule has 21 heavy (non-hydrogen) atoms. The Kier molecular flexibility index (Phi) is 5.61. The van der Waals surface area contributed by atoms with E-state index in [1.165, 1.54) is 4.90 Å². The molecule has 6 heteroatoms. The van der Waals surface area contributed by atoms with Crippen LogP contribution in [0.5, 0.6) is 0 Å². The van der Waals surface area contributed by atoms with E-state index < -0.39 is 12.7 Å². The van der Waals surface area contributed by atoms with Crippen molar-refractivity contribution in [1.82, 2.24) is 10.2 Å². The maximum absolute atomic E-state index is 12.3. The molecule has 1 aromatic carbocycles. The Morgan fingerprint density at radius 3 is 2.48 bits per heavy atom. The molecule has 1 aliphatic heterocycles. The minimum Gasteiger partial charge on any atom is -0.392 e. The first-order chi connectivity index (χ1) is 9.96. The molecular weight excluding hydrogens is 281 g/mol. The lowest BCUT2D eigenvalue weighted by Gasteiger charge is -2.32. The van der Waals surface area contributed by atoms with E-state index >= 15 is 0 Å². The average molecular weight is 302 g/mol. The number of aliphatic hydroxyl groups is 1. The van der Waals surface area contributed by atoms with Crippen molar-refractivity contribution in [2.75, 3.05) is 19.6 Å². The van der Waals surface area contributed by atoms with Gasteiger partial charge >= 0.3 is 6.18 Å². The Balaban J connectivity index is 1.73. The van der Waals surface area contributed by atoms with E-state index in [4.69, 9.17) is 5.11 Å². The van der Waals surface area contributed by atoms with Crippen molar-refractivity contribution in [2.24, 2.45) is 0 Å². The van der Waals surface area contributed by atoms with Gasteiger partial charge in [0.1, 0.15) is 0 Å². The van der Waals surface area contributed by atoms with Gasteiger partial charge in [0.25, 0.3) is 0 Å². The van der Waals surface area contributed by atoms with Crippen molar-refractivity contribution in [1.29, 1.82) is 0 Å². The van der Waals surface area contributed by atoms with Gasteiger partial charge in [-0.1, -0.05) is 24.3 Å². The lowest BCUT2D eigenvalue weighted by atomic mass is 10.0. The van der Waals surface area contributed by atoms with Crippen molar-refractivity contribution in [2.45, 2.75) is 38.2 Å². The summed E-state index contributed by atoms with van der Waals surface area (Å²) in [6.07, 6.45) is -2.64. The third kappa shape index (κ3) is 5.65. The first-order valence-corrected chi connectivity index (χ1v) is 7.17. The maximum atomic E-state index is 12.3. The zero-order chi connectivity index (χ0) is 15.3. The minimum atomic E-state index is -4.11. The number of aliphatic hydroxyl groups excluding tert-OH is 1. The zero-order valence-corrected chi connectivity index (χ0v) is 11.9. The number of piperidine rings is 1. The van der Waals surface area contributed by atoms with E-state index in [0.29, 0.717) is 19.6 Å². The lowest BCUT2D eigenvalue weighted by molar-refractivity contribution is -0.148. The highest BCUT2D eigenvalue weighted by Crippen LogP contribution is 2.20. The van der Waals surface area contributed by atoms with E-state index in [2.05, 4.69) is 5.32 Å². The first-order valence-electron chi connectivity index (χ1n) is 7.17. The molecule has 0 saturated carbocycles. The Hall–Kier alpha value is -1.11. The van der Waals surface area contributed by atoms with Gasteiger partial charge < -0.3 is 10.4 Å². The predicted octanol–water partition coefficient (Wildman–Crippen LogP) is 2.30. The van der Waals surface area contributed by atoms with Gasteiger partial charge in [-0.15, -0.1) is 0 Å². The summed E-state index contributed by atoms with van der Waals surface area (Å²) in [5.41, 5.74) is 1.95. The van der Waals surface area contributed by atoms with Crippen molar-refractivity contribution >= 4 is 0 Å². The fraction of sp³-hybridized carbons (Fsp3) is 0.600. The van der Waals surface area contributed by atoms with Crippen LogP contribution in [-0.4, -0.2) is 41.9 Å². The number of likely N-dealkylation sites (tertiary alicyclic amines) is 1. The van der Waals surface area contributed by atoms with Crippen LogP contribution in [0.4, 0.5) is 13.2 Å². The van der Waals surface area contributed by atoms with E-state index in [0.717, 1.165) is 24.0 Å². The number of hydrogen-bond acceptors (Lipinski definition) is 3. The van der Waals surface area contributed by atoms with Crippen LogP contribution in [0.3, 0.4) is 0 Å². The summed E-state index contributed by atoms with van der Waals surface area (Å²) in [5, 5.41) is 12.5. The smallest absolute Gasteiger partial charge is 0.392 e. The molecule has 3 nitrogen and oxygen atoms in total. The molecule has 1 fully saturated rings. The van der Waals surface area contributed by atoms with E-state index in [1.807, 2.05) is 24.3 Å². The minimum absolute atomic E-state index is 0.0175. The van der Waals surface area contributed by atoms with Gasteiger partial charge in [-0.2, -0.15) is 13.2 Å². The topological polar surface area (TPSA) is 35.5 Å². The molecule has 0 radical (unpaired) electrons. The largest absolute Gasteiger partial charge is 0.401 e. The normalized spacial score (nSPS) is 18.1. The number of hydrogen-bond donors (Lipinski definition) is 2. The van der Waals surface area contributed by atoms with Crippen LogP contribution >= 0.6 is 0 Å². The maximum Gasteiger partial charge on any atom is 0.401 e. The number of halogens is 3. The van der Waals surface area contributed by atoms with Crippen molar-refractivity contribution in [3.63, 3.8) is 0 Å². The van der Waals surface area contributed by atoms with Crippen molar-refractivity contribution in [3.8, 4) is 0 Å². The van der Waals surface area contributed by atoms with Gasteiger partial charge in [0.05, 0.1) is 13.2 Å². The summed E-state index contributed by atoms with van der Waals surface area (Å²) < 4.78 is 36.9. The molecule has 0 bridgehead atoms. The summed E-state index contributed by atoms with van der Waals surface area (Å²) in [7, 11) is 0. The molecule has 0 aliphatic carbocycles. The predicted molar refractivity (Wildman–Crippen MR) is 74.7 cm³/mol. The monoisotopic (exact) mass is 302 g/mol. The van der Waals surface area contributed by atoms with Crippen molar-refractivity contribution < 1.29 is 18.3 Å². The second kappa shape index (κ2) is 7.24. The van der Waals surface area contributed by atoms with Gasteiger partial charge in [-0.3, -0.25) is 4.90 Å². The highest BCUT2D eigenvalue weighted by molar-refractivity contribution is 5.22. The molecule has 1 heterocycles. The van der Waals surface area contributed by atoms with Crippen LogP contribution in [0.1, 0.15) is 24.0 Å². The second-order valence-corrected chi connectivity index (χ2v) is 5.52. The van der Waals surface area contributed by atoms with Gasteiger partial charge in [0, 0.05) is 12.6 Å². The summed E-state index contributed by atoms with van der Waals surface area (Å²) in [5.74, 6) is 0. The van der Waals surface area contributed by atoms with E-state index in [9.17, 15) is 13.2 Å². The Bertz CT molecular complexity index is 443. The molecule has 2 rings (SSSR count). The van der Waals surface area contributed by atoms with Gasteiger partial charge in [0.2, 0.25) is 0 Å². The number of rotatable bonds is 5. The fourth-order valence-electron chi connectivity index (χ4n) is 2.65.